The third-order valence-electron chi connectivity index (χ3n) is 3.66. The number of nitrogens with zero attached hydrogens (tertiary/aromatic N) is 2. The number of carboxylic acids is 1. The second-order valence-corrected chi connectivity index (χ2v) is 4.98. The molecule has 1 unspecified atom stereocenters. The van der Waals surface area contributed by atoms with Crippen LogP contribution < -0.4 is 10.2 Å². The summed E-state index contributed by atoms with van der Waals surface area (Å²) >= 11 is 0. The summed E-state index contributed by atoms with van der Waals surface area (Å²) in [5.41, 5.74) is -3.47. The number of ether oxygens (including phenoxy) is 1. The zero-order chi connectivity index (χ0) is 17.8. The largest absolute Gasteiger partial charge is 0.477 e. The average Bonchev–Trinajstić information content (AvgIpc) is 2.48. The molecule has 0 radical (unpaired) electrons. The van der Waals surface area contributed by atoms with Gasteiger partial charge in [-0.05, 0) is 6.07 Å². The molecule has 0 saturated heterocycles. The molecule has 8 nitrogen and oxygen atoms in total. The molecular formula is C13H7F3N2O6. The Hall–Kier alpha value is -3.11. The molecule has 1 N–H and O–H groups in total. The van der Waals surface area contributed by atoms with Crippen molar-refractivity contribution < 1.29 is 32.7 Å². The van der Waals surface area contributed by atoms with Gasteiger partial charge in [0.05, 0.1) is 4.92 Å². The van der Waals surface area contributed by atoms with Crippen LogP contribution in [0.15, 0.2) is 23.1 Å². The number of nitro groups is 1. The number of aromatic carboxylic acids is 1. The van der Waals surface area contributed by atoms with Crippen LogP contribution in [0.4, 0.5) is 18.9 Å². The summed E-state index contributed by atoms with van der Waals surface area (Å²) in [5.74, 6) is -2.36. The number of alkyl halides is 3. The molecule has 0 amide bonds. The van der Waals surface area contributed by atoms with Crippen molar-refractivity contribution in [2.24, 2.45) is 0 Å². The van der Waals surface area contributed by atoms with E-state index in [2.05, 4.69) is 4.74 Å². The minimum Gasteiger partial charge on any atom is -0.477 e. The molecule has 11 heteroatoms. The highest BCUT2D eigenvalue weighted by atomic mass is 19.3. The van der Waals surface area contributed by atoms with Crippen LogP contribution in [0.25, 0.3) is 10.9 Å². The second kappa shape index (κ2) is 4.94. The quantitative estimate of drug-likeness (QED) is 0.674. The zero-order valence-electron chi connectivity index (χ0n) is 11.5. The summed E-state index contributed by atoms with van der Waals surface area (Å²) < 4.78 is 45.9. The number of nitro benzene ring substituents is 1. The number of rotatable bonds is 3. The van der Waals surface area contributed by atoms with Crippen molar-refractivity contribution in [3.8, 4) is 5.75 Å². The number of benzene rings is 1. The van der Waals surface area contributed by atoms with Gasteiger partial charge in [0, 0.05) is 12.3 Å². The van der Waals surface area contributed by atoms with Gasteiger partial charge in [-0.25, -0.2) is 9.18 Å². The van der Waals surface area contributed by atoms with Gasteiger partial charge in [0.1, 0.15) is 23.1 Å². The van der Waals surface area contributed by atoms with Crippen molar-refractivity contribution in [2.45, 2.75) is 12.2 Å². The van der Waals surface area contributed by atoms with Crippen LogP contribution in [-0.2, 0) is 0 Å². The summed E-state index contributed by atoms with van der Waals surface area (Å²) in [7, 11) is 0. The number of carboxylic acid groups (broad SMARTS) is 1. The maximum atomic E-state index is 13.9. The Morgan fingerprint density at radius 2 is 2.12 bits per heavy atom. The van der Waals surface area contributed by atoms with Crippen LogP contribution in [0, 0.1) is 10.1 Å². The van der Waals surface area contributed by atoms with Crippen molar-refractivity contribution in [1.29, 1.82) is 0 Å². The Balaban J connectivity index is 2.56. The maximum absolute atomic E-state index is 13.9. The van der Waals surface area contributed by atoms with E-state index in [9.17, 15) is 32.9 Å². The third kappa shape index (κ3) is 2.01. The first-order valence-electron chi connectivity index (χ1n) is 6.41. The molecule has 3 rings (SSSR count). The molecule has 126 valence electrons. The highest BCUT2D eigenvalue weighted by molar-refractivity contribution is 5.98. The summed E-state index contributed by atoms with van der Waals surface area (Å²) in [6.07, 6.45) is -3.49. The molecule has 1 aromatic heterocycles. The zero-order valence-corrected chi connectivity index (χ0v) is 11.5. The molecule has 2 heterocycles. The van der Waals surface area contributed by atoms with Gasteiger partial charge in [-0.2, -0.15) is 8.78 Å². The van der Waals surface area contributed by atoms with E-state index in [-0.39, 0.29) is 0 Å². The Morgan fingerprint density at radius 1 is 1.46 bits per heavy atom. The molecular weight excluding hydrogens is 337 g/mol. The minimum absolute atomic E-state index is 0.451. The number of carbonyl (C=O) groups is 1. The topological polar surface area (TPSA) is 112 Å². The number of non-ortho nitro benzene ring substituents is 1. The lowest BCUT2D eigenvalue weighted by atomic mass is 10.1. The van der Waals surface area contributed by atoms with Crippen LogP contribution in [-0.4, -0.2) is 33.3 Å². The first-order chi connectivity index (χ1) is 11.2. The van der Waals surface area contributed by atoms with Gasteiger partial charge >= 0.3 is 12.1 Å². The third-order valence-corrected chi connectivity index (χ3v) is 3.66. The number of pyridine rings is 1. The van der Waals surface area contributed by atoms with Crippen molar-refractivity contribution in [3.05, 3.63) is 44.2 Å². The molecule has 0 saturated carbocycles. The van der Waals surface area contributed by atoms with E-state index in [0.717, 1.165) is 12.1 Å². The highest BCUT2D eigenvalue weighted by Crippen LogP contribution is 2.44. The molecule has 0 fully saturated rings. The lowest BCUT2D eigenvalue weighted by molar-refractivity contribution is -0.383. The first kappa shape index (κ1) is 15.8. The van der Waals surface area contributed by atoms with Crippen LogP contribution in [0.3, 0.4) is 0 Å². The predicted molar refractivity (Wildman–Crippen MR) is 72.4 cm³/mol. The van der Waals surface area contributed by atoms with Crippen molar-refractivity contribution in [2.75, 3.05) is 6.67 Å². The fourth-order valence-corrected chi connectivity index (χ4v) is 2.61. The van der Waals surface area contributed by atoms with Crippen molar-refractivity contribution >= 4 is 22.6 Å². The Morgan fingerprint density at radius 3 is 2.67 bits per heavy atom. The van der Waals surface area contributed by atoms with Crippen LogP contribution >= 0.6 is 0 Å². The normalized spacial score (nSPS) is 18.2. The number of halogens is 3. The lowest BCUT2D eigenvalue weighted by Gasteiger charge is -2.33. The van der Waals surface area contributed by atoms with Crippen molar-refractivity contribution in [3.63, 3.8) is 0 Å². The Bertz CT molecular complexity index is 955. The molecule has 1 aliphatic heterocycles. The molecule has 1 aliphatic rings. The highest BCUT2D eigenvalue weighted by Gasteiger charge is 2.49. The SMILES string of the molecule is O=C(O)c1cn2c3c(ccc([N+](=O)[O-])c3c1=O)OC(F)(F)C2CF. The van der Waals surface area contributed by atoms with Gasteiger partial charge in [-0.15, -0.1) is 0 Å². The smallest absolute Gasteiger partial charge is 0.421 e. The predicted octanol–water partition coefficient (Wildman–Crippen LogP) is 2.10. The van der Waals surface area contributed by atoms with Gasteiger partial charge in [0.15, 0.2) is 11.8 Å². The lowest BCUT2D eigenvalue weighted by Crippen LogP contribution is -2.42. The van der Waals surface area contributed by atoms with Crippen LogP contribution in [0.1, 0.15) is 16.4 Å². The van der Waals surface area contributed by atoms with Crippen LogP contribution in [0.2, 0.25) is 0 Å². The molecule has 1 atom stereocenters. The van der Waals surface area contributed by atoms with E-state index < -0.39 is 63.0 Å². The van der Waals surface area contributed by atoms with E-state index in [0.29, 0.717) is 10.8 Å². The summed E-state index contributed by atoms with van der Waals surface area (Å²) in [5, 5.41) is 19.4. The van der Waals surface area contributed by atoms with E-state index in [1.54, 1.807) is 0 Å². The molecule has 24 heavy (non-hydrogen) atoms. The molecule has 0 bridgehead atoms. The van der Waals surface area contributed by atoms with Gasteiger partial charge < -0.3 is 14.4 Å². The van der Waals surface area contributed by atoms with E-state index >= 15 is 0 Å². The standard InChI is InChI=1S/C13H7F3N2O6/c14-3-8-13(15,16)24-7-2-1-6(18(22)23)9-10(7)17(8)4-5(11(9)19)12(20)21/h1-2,4,8H,3H2,(H,20,21). The Labute approximate surface area is 129 Å². The van der Waals surface area contributed by atoms with Gasteiger partial charge in [0.25, 0.3) is 5.69 Å². The average molecular weight is 344 g/mol. The summed E-state index contributed by atoms with van der Waals surface area (Å²) in [6.45, 7) is -1.65. The molecule has 0 aliphatic carbocycles. The second-order valence-electron chi connectivity index (χ2n) is 4.98. The fraction of sp³-hybridized carbons (Fsp3) is 0.231. The van der Waals surface area contributed by atoms with E-state index in [1.807, 2.05) is 0 Å². The maximum Gasteiger partial charge on any atom is 0.421 e. The van der Waals surface area contributed by atoms with Gasteiger partial charge in [0.2, 0.25) is 5.43 Å². The summed E-state index contributed by atoms with van der Waals surface area (Å²) in [4.78, 5) is 33.6. The van der Waals surface area contributed by atoms with E-state index in [1.165, 1.54) is 0 Å². The van der Waals surface area contributed by atoms with Crippen LogP contribution in [0.5, 0.6) is 5.75 Å². The van der Waals surface area contributed by atoms with Gasteiger partial charge in [-0.1, -0.05) is 0 Å². The number of hydrogen-bond acceptors (Lipinski definition) is 5. The molecule has 1 aromatic carbocycles. The van der Waals surface area contributed by atoms with Gasteiger partial charge in [-0.3, -0.25) is 14.9 Å². The fourth-order valence-electron chi connectivity index (χ4n) is 2.61. The Kier molecular flexibility index (Phi) is 3.25. The van der Waals surface area contributed by atoms with E-state index in [4.69, 9.17) is 5.11 Å². The van der Waals surface area contributed by atoms with Crippen molar-refractivity contribution in [1.82, 2.24) is 4.57 Å². The monoisotopic (exact) mass is 344 g/mol. The number of hydrogen-bond donors (Lipinski definition) is 1. The molecule has 2 aromatic rings. The minimum atomic E-state index is -4.03. The molecule has 0 spiro atoms. The first-order valence-corrected chi connectivity index (χ1v) is 6.41. The summed E-state index contributed by atoms with van der Waals surface area (Å²) in [6, 6.07) is -0.673. The number of aromatic nitrogens is 1.